The molecule has 9 heteroatoms. The summed E-state index contributed by atoms with van der Waals surface area (Å²) in [4.78, 5) is 36.7. The maximum atomic E-state index is 12.3. The molecule has 0 bridgehead atoms. The highest BCUT2D eigenvalue weighted by atomic mass is 16.6. The van der Waals surface area contributed by atoms with Gasteiger partial charge >= 0.3 is 12.2 Å². The lowest BCUT2D eigenvalue weighted by Gasteiger charge is -2.28. The van der Waals surface area contributed by atoms with Gasteiger partial charge in [-0.2, -0.15) is 0 Å². The Morgan fingerprint density at radius 3 is 1.81 bits per heavy atom. The maximum Gasteiger partial charge on any atom is 0.410 e. The molecular formula is C17H33N3O6. The molecule has 3 N–H and O–H groups in total. The normalized spacial score (nSPS) is 12.8. The van der Waals surface area contributed by atoms with Gasteiger partial charge in [0.2, 0.25) is 5.91 Å². The van der Waals surface area contributed by atoms with E-state index in [4.69, 9.17) is 14.6 Å². The number of ether oxygens (including phenoxy) is 2. The van der Waals surface area contributed by atoms with E-state index in [2.05, 4.69) is 10.6 Å². The van der Waals surface area contributed by atoms with Crippen molar-refractivity contribution in [2.75, 3.05) is 26.2 Å². The quantitative estimate of drug-likeness (QED) is 0.616. The van der Waals surface area contributed by atoms with Crippen LogP contribution in [0.1, 0.15) is 48.5 Å². The van der Waals surface area contributed by atoms with Crippen LogP contribution in [0, 0.1) is 0 Å². The van der Waals surface area contributed by atoms with Crippen LogP contribution in [0.2, 0.25) is 0 Å². The van der Waals surface area contributed by atoms with Crippen LogP contribution in [0.15, 0.2) is 0 Å². The molecule has 1 atom stereocenters. The van der Waals surface area contributed by atoms with E-state index in [0.29, 0.717) is 0 Å². The monoisotopic (exact) mass is 375 g/mol. The predicted octanol–water partition coefficient (Wildman–Crippen LogP) is 1.25. The van der Waals surface area contributed by atoms with Crippen molar-refractivity contribution in [2.45, 2.75) is 65.8 Å². The Bertz CT molecular complexity index is 480. The lowest BCUT2D eigenvalue weighted by Crippen LogP contribution is -2.46. The smallest absolute Gasteiger partial charge is 0.410 e. The van der Waals surface area contributed by atoms with Gasteiger partial charge < -0.3 is 30.1 Å². The predicted molar refractivity (Wildman–Crippen MR) is 96.7 cm³/mol. The first-order chi connectivity index (χ1) is 11.7. The van der Waals surface area contributed by atoms with Crippen molar-refractivity contribution < 1.29 is 29.0 Å². The van der Waals surface area contributed by atoms with Gasteiger partial charge in [0, 0.05) is 26.2 Å². The van der Waals surface area contributed by atoms with Crippen LogP contribution in [-0.2, 0) is 14.3 Å². The fraction of sp³-hybridized carbons (Fsp3) is 0.824. The van der Waals surface area contributed by atoms with Gasteiger partial charge in [-0.15, -0.1) is 0 Å². The molecule has 0 aliphatic heterocycles. The summed E-state index contributed by atoms with van der Waals surface area (Å²) in [6.45, 7) is 12.5. The highest BCUT2D eigenvalue weighted by molar-refractivity contribution is 5.80. The van der Waals surface area contributed by atoms with Crippen molar-refractivity contribution in [3.63, 3.8) is 0 Å². The number of aliphatic hydroxyl groups is 1. The minimum Gasteiger partial charge on any atom is -0.444 e. The molecule has 0 aromatic rings. The number of carbonyl (C=O) groups excluding carboxylic acids is 3. The molecule has 0 spiro atoms. The van der Waals surface area contributed by atoms with Crippen LogP contribution in [-0.4, -0.2) is 71.6 Å². The number of alkyl carbamates (subject to hydrolysis) is 1. The third kappa shape index (κ3) is 12.3. The first-order valence-electron chi connectivity index (χ1n) is 8.62. The second-order valence-electron chi connectivity index (χ2n) is 7.86. The summed E-state index contributed by atoms with van der Waals surface area (Å²) in [5.74, 6) is -0.527. The average molecular weight is 375 g/mol. The molecule has 0 saturated heterocycles. The summed E-state index contributed by atoms with van der Waals surface area (Å²) in [6, 6.07) is 0. The van der Waals surface area contributed by atoms with Crippen LogP contribution < -0.4 is 10.6 Å². The molecule has 0 heterocycles. The second kappa shape index (κ2) is 10.2. The lowest BCUT2D eigenvalue weighted by atomic mass is 10.2. The van der Waals surface area contributed by atoms with Gasteiger partial charge in [-0.1, -0.05) is 0 Å². The van der Waals surface area contributed by atoms with Crippen molar-refractivity contribution in [3.05, 3.63) is 0 Å². The molecule has 0 aromatic heterocycles. The van der Waals surface area contributed by atoms with Gasteiger partial charge in [0.1, 0.15) is 17.3 Å². The molecule has 9 nitrogen and oxygen atoms in total. The molecule has 26 heavy (non-hydrogen) atoms. The maximum absolute atomic E-state index is 12.3. The molecule has 0 fully saturated rings. The van der Waals surface area contributed by atoms with Crippen molar-refractivity contribution in [1.29, 1.82) is 0 Å². The average Bonchev–Trinajstić information content (AvgIpc) is 2.41. The second-order valence-corrected chi connectivity index (χ2v) is 7.86. The Labute approximate surface area is 155 Å². The van der Waals surface area contributed by atoms with Gasteiger partial charge in [0.25, 0.3) is 0 Å². The van der Waals surface area contributed by atoms with E-state index < -0.39 is 35.4 Å². The summed E-state index contributed by atoms with van der Waals surface area (Å²) >= 11 is 0. The van der Waals surface area contributed by atoms with Gasteiger partial charge in [-0.3, -0.25) is 4.79 Å². The van der Waals surface area contributed by atoms with E-state index in [1.807, 2.05) is 0 Å². The molecule has 0 aliphatic carbocycles. The number of nitrogens with zero attached hydrogens (tertiary/aromatic N) is 1. The zero-order valence-electron chi connectivity index (χ0n) is 16.8. The summed E-state index contributed by atoms with van der Waals surface area (Å²) in [5.41, 5.74) is -1.28. The largest absolute Gasteiger partial charge is 0.444 e. The molecule has 3 amide bonds. The van der Waals surface area contributed by atoms with Crippen LogP contribution in [0.3, 0.4) is 0 Å². The molecule has 0 aromatic carbocycles. The summed E-state index contributed by atoms with van der Waals surface area (Å²) in [6.07, 6.45) is -2.27. The fourth-order valence-electron chi connectivity index (χ4n) is 1.69. The first-order valence-corrected chi connectivity index (χ1v) is 8.62. The topological polar surface area (TPSA) is 117 Å². The number of hydrogen-bond donors (Lipinski definition) is 3. The highest BCUT2D eigenvalue weighted by Crippen LogP contribution is 2.10. The number of carbonyl (C=O) groups is 3. The Kier molecular flexibility index (Phi) is 9.40. The zero-order chi connectivity index (χ0) is 20.5. The lowest BCUT2D eigenvalue weighted by molar-refractivity contribution is -0.128. The van der Waals surface area contributed by atoms with Crippen molar-refractivity contribution >= 4 is 18.1 Å². The third-order valence-electron chi connectivity index (χ3n) is 2.76. The van der Waals surface area contributed by atoms with E-state index >= 15 is 0 Å². The molecule has 152 valence electrons. The zero-order valence-corrected chi connectivity index (χ0v) is 16.8. The van der Waals surface area contributed by atoms with Crippen molar-refractivity contribution in [3.8, 4) is 0 Å². The fourth-order valence-corrected chi connectivity index (χ4v) is 1.69. The van der Waals surface area contributed by atoms with Crippen LogP contribution in [0.25, 0.3) is 0 Å². The van der Waals surface area contributed by atoms with Crippen molar-refractivity contribution in [1.82, 2.24) is 15.5 Å². The summed E-state index contributed by atoms with van der Waals surface area (Å²) < 4.78 is 10.5. The molecular weight excluding hydrogens is 342 g/mol. The molecule has 0 aliphatic rings. The number of amides is 3. The molecule has 0 saturated carbocycles. The highest BCUT2D eigenvalue weighted by Gasteiger charge is 2.23. The van der Waals surface area contributed by atoms with Crippen LogP contribution in [0.4, 0.5) is 9.59 Å². The molecule has 0 rings (SSSR count). The minimum atomic E-state index is -1.13. The van der Waals surface area contributed by atoms with E-state index in [0.717, 1.165) is 0 Å². The molecule has 0 radical (unpaired) electrons. The van der Waals surface area contributed by atoms with Crippen molar-refractivity contribution in [2.24, 2.45) is 0 Å². The van der Waals surface area contributed by atoms with Crippen LogP contribution in [0.5, 0.6) is 0 Å². The van der Waals surface area contributed by atoms with E-state index in [9.17, 15) is 14.4 Å². The number of aliphatic hydroxyl groups excluding tert-OH is 1. The van der Waals surface area contributed by atoms with Crippen LogP contribution >= 0.6 is 0 Å². The standard InChI is InChI=1S/C17H33N3O6/c1-12(21)13(22)18-8-10-20(15(24)26-17(5,6)7)11-9-19-14(23)25-16(2,3)4/h12,21H,8-11H2,1-7H3,(H,18,22)(H,19,23). The van der Waals surface area contributed by atoms with E-state index in [-0.39, 0.29) is 26.2 Å². The Morgan fingerprint density at radius 2 is 1.38 bits per heavy atom. The minimum absolute atomic E-state index is 0.148. The van der Waals surface area contributed by atoms with Gasteiger partial charge in [0.15, 0.2) is 0 Å². The third-order valence-corrected chi connectivity index (χ3v) is 2.76. The Balaban J connectivity index is 4.60. The molecule has 1 unspecified atom stereocenters. The van der Waals surface area contributed by atoms with Gasteiger partial charge in [-0.25, -0.2) is 9.59 Å². The first kappa shape index (κ1) is 24.0. The number of rotatable bonds is 7. The van der Waals surface area contributed by atoms with Gasteiger partial charge in [0.05, 0.1) is 0 Å². The summed E-state index contributed by atoms with van der Waals surface area (Å²) in [7, 11) is 0. The number of nitrogens with one attached hydrogen (secondary N) is 2. The SMILES string of the molecule is CC(O)C(=O)NCCN(CCNC(=O)OC(C)(C)C)C(=O)OC(C)(C)C. The Morgan fingerprint density at radius 1 is 0.923 bits per heavy atom. The van der Waals surface area contributed by atoms with Gasteiger partial charge in [-0.05, 0) is 48.5 Å². The van der Waals surface area contributed by atoms with E-state index in [1.54, 1.807) is 41.5 Å². The summed E-state index contributed by atoms with van der Waals surface area (Å²) in [5, 5.41) is 14.2. The Hall–Kier alpha value is -2.03. The van der Waals surface area contributed by atoms with E-state index in [1.165, 1.54) is 11.8 Å². The number of hydrogen-bond acceptors (Lipinski definition) is 6.